The molecule has 0 radical (unpaired) electrons. The Hall–Kier alpha value is -1.08. The Balaban J connectivity index is 2.77. The lowest BCUT2D eigenvalue weighted by atomic mass is 10.1. The van der Waals surface area contributed by atoms with Crippen LogP contribution in [-0.4, -0.2) is 17.0 Å². The second kappa shape index (κ2) is 6.02. The fraction of sp³-hybridized carbons (Fsp3) is 0.500. The van der Waals surface area contributed by atoms with E-state index < -0.39 is 0 Å². The molecule has 0 aromatic heterocycles. The number of nitrogens with zero attached hydrogens (tertiary/aromatic N) is 1. The summed E-state index contributed by atoms with van der Waals surface area (Å²) in [5.74, 6) is 0. The molecule has 0 fully saturated rings. The summed E-state index contributed by atoms with van der Waals surface area (Å²) >= 11 is 0. The van der Waals surface area contributed by atoms with Crippen LogP contribution in [0.1, 0.15) is 45.7 Å². The average Bonchev–Trinajstić information content (AvgIpc) is 2.25. The summed E-state index contributed by atoms with van der Waals surface area (Å²) in [5, 5.41) is 0. The molecule has 0 atom stereocenters. The molecule has 17 heavy (non-hydrogen) atoms. The van der Waals surface area contributed by atoms with E-state index >= 15 is 0 Å². The highest BCUT2D eigenvalue weighted by atomic mass is 15.2. The van der Waals surface area contributed by atoms with Crippen molar-refractivity contribution < 1.29 is 0 Å². The SMILES string of the molecule is C=C(C)c1ccc(CN(C(C)C)C(C)C)cc1. The van der Waals surface area contributed by atoms with Crippen LogP contribution < -0.4 is 0 Å². The zero-order valence-corrected chi connectivity index (χ0v) is 11.8. The van der Waals surface area contributed by atoms with E-state index in [0.717, 1.165) is 12.1 Å². The number of benzene rings is 1. The molecule has 0 saturated heterocycles. The van der Waals surface area contributed by atoms with Gasteiger partial charge < -0.3 is 0 Å². The Morgan fingerprint density at radius 2 is 1.53 bits per heavy atom. The second-order valence-corrected chi connectivity index (χ2v) is 5.34. The zero-order valence-electron chi connectivity index (χ0n) is 11.8. The summed E-state index contributed by atoms with van der Waals surface area (Å²) in [6.07, 6.45) is 0. The molecular weight excluding hydrogens is 206 g/mol. The molecule has 0 spiro atoms. The minimum Gasteiger partial charge on any atom is -0.294 e. The van der Waals surface area contributed by atoms with Crippen LogP contribution in [0.4, 0.5) is 0 Å². The lowest BCUT2D eigenvalue weighted by Crippen LogP contribution is -2.36. The average molecular weight is 231 g/mol. The minimum atomic E-state index is 0.579. The molecule has 0 bridgehead atoms. The summed E-state index contributed by atoms with van der Waals surface area (Å²) in [6.45, 7) is 16.0. The van der Waals surface area contributed by atoms with Crippen LogP contribution in [-0.2, 0) is 6.54 Å². The largest absolute Gasteiger partial charge is 0.294 e. The molecule has 0 aliphatic rings. The van der Waals surface area contributed by atoms with Crippen LogP contribution in [0.5, 0.6) is 0 Å². The molecule has 1 aromatic carbocycles. The van der Waals surface area contributed by atoms with Crippen LogP contribution >= 0.6 is 0 Å². The topological polar surface area (TPSA) is 3.24 Å². The van der Waals surface area contributed by atoms with Crippen LogP contribution in [0.25, 0.3) is 5.57 Å². The fourth-order valence-electron chi connectivity index (χ4n) is 2.07. The van der Waals surface area contributed by atoms with Gasteiger partial charge in [-0.2, -0.15) is 0 Å². The Morgan fingerprint density at radius 1 is 1.06 bits per heavy atom. The van der Waals surface area contributed by atoms with E-state index in [1.165, 1.54) is 11.1 Å². The van der Waals surface area contributed by atoms with Gasteiger partial charge >= 0.3 is 0 Å². The first kappa shape index (κ1) is 14.0. The van der Waals surface area contributed by atoms with E-state index in [2.05, 4.69) is 63.4 Å². The zero-order chi connectivity index (χ0) is 13.0. The molecule has 0 heterocycles. The quantitative estimate of drug-likeness (QED) is 0.728. The number of allylic oxidation sites excluding steroid dienone is 1. The number of hydrogen-bond acceptors (Lipinski definition) is 1. The maximum Gasteiger partial charge on any atom is 0.0239 e. The fourth-order valence-corrected chi connectivity index (χ4v) is 2.07. The van der Waals surface area contributed by atoms with E-state index in [1.807, 2.05) is 6.92 Å². The third-order valence-electron chi connectivity index (χ3n) is 3.14. The summed E-state index contributed by atoms with van der Waals surface area (Å²) < 4.78 is 0. The van der Waals surface area contributed by atoms with Crippen molar-refractivity contribution in [2.45, 2.75) is 53.2 Å². The highest BCUT2D eigenvalue weighted by Gasteiger charge is 2.13. The van der Waals surface area contributed by atoms with Crippen molar-refractivity contribution in [1.29, 1.82) is 0 Å². The summed E-state index contributed by atoms with van der Waals surface area (Å²) in [7, 11) is 0. The van der Waals surface area contributed by atoms with Crippen molar-refractivity contribution in [2.24, 2.45) is 0 Å². The Labute approximate surface area is 106 Å². The van der Waals surface area contributed by atoms with Gasteiger partial charge in [-0.05, 0) is 45.7 Å². The molecule has 0 aliphatic heterocycles. The second-order valence-electron chi connectivity index (χ2n) is 5.34. The maximum atomic E-state index is 3.96. The molecule has 1 nitrogen and oxygen atoms in total. The molecular formula is C16H25N. The van der Waals surface area contributed by atoms with Crippen LogP contribution in [0.3, 0.4) is 0 Å². The molecule has 0 unspecified atom stereocenters. The van der Waals surface area contributed by atoms with Gasteiger partial charge in [-0.3, -0.25) is 4.90 Å². The van der Waals surface area contributed by atoms with Crippen molar-refractivity contribution >= 4 is 5.57 Å². The van der Waals surface area contributed by atoms with Gasteiger partial charge in [0.1, 0.15) is 0 Å². The van der Waals surface area contributed by atoms with E-state index in [0.29, 0.717) is 12.1 Å². The van der Waals surface area contributed by atoms with E-state index in [9.17, 15) is 0 Å². The van der Waals surface area contributed by atoms with Gasteiger partial charge in [-0.15, -0.1) is 0 Å². The highest BCUT2D eigenvalue weighted by Crippen LogP contribution is 2.16. The number of rotatable bonds is 5. The molecule has 0 saturated carbocycles. The van der Waals surface area contributed by atoms with Crippen molar-refractivity contribution in [3.05, 3.63) is 42.0 Å². The lowest BCUT2D eigenvalue weighted by Gasteiger charge is -2.30. The summed E-state index contributed by atoms with van der Waals surface area (Å²) in [5.41, 5.74) is 3.73. The standard InChI is InChI=1S/C16H25N/c1-12(2)16-9-7-15(8-10-16)11-17(13(3)4)14(5)6/h7-10,13-14H,1,11H2,2-6H3. The van der Waals surface area contributed by atoms with Gasteiger partial charge in [0.15, 0.2) is 0 Å². The van der Waals surface area contributed by atoms with E-state index in [1.54, 1.807) is 0 Å². The van der Waals surface area contributed by atoms with Crippen molar-refractivity contribution in [2.75, 3.05) is 0 Å². The predicted molar refractivity (Wildman–Crippen MR) is 77.0 cm³/mol. The Kier molecular flexibility index (Phi) is 4.95. The van der Waals surface area contributed by atoms with Gasteiger partial charge in [0.25, 0.3) is 0 Å². The Morgan fingerprint density at radius 3 is 1.88 bits per heavy atom. The predicted octanol–water partition coefficient (Wildman–Crippen LogP) is 4.34. The molecule has 94 valence electrons. The Bertz CT molecular complexity index is 352. The van der Waals surface area contributed by atoms with Gasteiger partial charge in [0.05, 0.1) is 0 Å². The van der Waals surface area contributed by atoms with Gasteiger partial charge in [0.2, 0.25) is 0 Å². The smallest absolute Gasteiger partial charge is 0.0239 e. The van der Waals surface area contributed by atoms with E-state index in [-0.39, 0.29) is 0 Å². The van der Waals surface area contributed by atoms with Gasteiger partial charge in [-0.25, -0.2) is 0 Å². The monoisotopic (exact) mass is 231 g/mol. The van der Waals surface area contributed by atoms with Gasteiger partial charge in [-0.1, -0.05) is 36.4 Å². The third kappa shape index (κ3) is 4.01. The highest BCUT2D eigenvalue weighted by molar-refractivity contribution is 5.61. The first-order chi connectivity index (χ1) is 7.91. The molecule has 0 amide bonds. The third-order valence-corrected chi connectivity index (χ3v) is 3.14. The van der Waals surface area contributed by atoms with Crippen LogP contribution in [0, 0.1) is 0 Å². The first-order valence-electron chi connectivity index (χ1n) is 6.42. The first-order valence-corrected chi connectivity index (χ1v) is 6.42. The van der Waals surface area contributed by atoms with E-state index in [4.69, 9.17) is 0 Å². The molecule has 1 heteroatoms. The van der Waals surface area contributed by atoms with Crippen LogP contribution in [0.2, 0.25) is 0 Å². The molecule has 0 N–H and O–H groups in total. The lowest BCUT2D eigenvalue weighted by molar-refractivity contribution is 0.166. The van der Waals surface area contributed by atoms with Crippen molar-refractivity contribution in [1.82, 2.24) is 4.90 Å². The summed E-state index contributed by atoms with van der Waals surface area (Å²) in [6, 6.07) is 9.91. The van der Waals surface area contributed by atoms with Crippen molar-refractivity contribution in [3.63, 3.8) is 0 Å². The molecule has 0 aliphatic carbocycles. The van der Waals surface area contributed by atoms with Gasteiger partial charge in [0, 0.05) is 18.6 Å². The molecule has 1 rings (SSSR count). The maximum absolute atomic E-state index is 3.96. The normalized spacial score (nSPS) is 11.5. The molecule has 1 aromatic rings. The van der Waals surface area contributed by atoms with Crippen molar-refractivity contribution in [3.8, 4) is 0 Å². The van der Waals surface area contributed by atoms with Crippen LogP contribution in [0.15, 0.2) is 30.8 Å². The summed E-state index contributed by atoms with van der Waals surface area (Å²) in [4.78, 5) is 2.50. The minimum absolute atomic E-state index is 0.579. The number of hydrogen-bond donors (Lipinski definition) is 0.